The Hall–Kier alpha value is -2.29. The first kappa shape index (κ1) is 18.5. The molecular weight excluding hydrogens is 324 g/mol. The number of carbonyl (C=O) groups is 1. The minimum atomic E-state index is -0.130. The summed E-state index contributed by atoms with van der Waals surface area (Å²) in [6.45, 7) is 2.75. The molecule has 3 heteroatoms. The Morgan fingerprint density at radius 1 is 1.00 bits per heavy atom. The van der Waals surface area contributed by atoms with Crippen LogP contribution >= 0.6 is 0 Å². The van der Waals surface area contributed by atoms with Crippen molar-refractivity contribution in [2.45, 2.75) is 64.1 Å². The number of carbonyl (C=O) groups excluding carboxylic acids is 1. The van der Waals surface area contributed by atoms with E-state index in [0.29, 0.717) is 6.61 Å². The molecule has 1 saturated heterocycles. The van der Waals surface area contributed by atoms with Crippen molar-refractivity contribution in [1.29, 1.82) is 0 Å². The molecule has 1 aliphatic rings. The fourth-order valence-corrected chi connectivity index (χ4v) is 3.44. The summed E-state index contributed by atoms with van der Waals surface area (Å²) < 4.78 is 11.4. The van der Waals surface area contributed by atoms with E-state index in [1.807, 2.05) is 54.6 Å². The number of ether oxygens (including phenoxy) is 2. The van der Waals surface area contributed by atoms with Gasteiger partial charge in [-0.3, -0.25) is 4.79 Å². The molecule has 0 amide bonds. The van der Waals surface area contributed by atoms with Crippen LogP contribution in [0.4, 0.5) is 0 Å². The van der Waals surface area contributed by atoms with E-state index in [1.165, 1.54) is 19.3 Å². The number of cyclic esters (lactones) is 1. The first-order chi connectivity index (χ1) is 12.8. The van der Waals surface area contributed by atoms with Crippen LogP contribution in [0.5, 0.6) is 5.75 Å². The van der Waals surface area contributed by atoms with Crippen LogP contribution in [0.2, 0.25) is 0 Å². The van der Waals surface area contributed by atoms with Crippen molar-refractivity contribution >= 4 is 5.97 Å². The number of hydrogen-bond donors (Lipinski definition) is 0. The lowest BCUT2D eigenvalue weighted by molar-refractivity contribution is -0.142. The zero-order valence-electron chi connectivity index (χ0n) is 15.5. The number of esters is 1. The molecule has 2 atom stereocenters. The fourth-order valence-electron chi connectivity index (χ4n) is 3.44. The second-order valence-corrected chi connectivity index (χ2v) is 7.04. The molecule has 0 aromatic heterocycles. The Morgan fingerprint density at radius 2 is 1.77 bits per heavy atom. The van der Waals surface area contributed by atoms with Crippen molar-refractivity contribution in [2.75, 3.05) is 0 Å². The predicted molar refractivity (Wildman–Crippen MR) is 103 cm³/mol. The molecule has 0 radical (unpaired) electrons. The molecule has 0 N–H and O–H groups in total. The fraction of sp³-hybridized carbons (Fsp3) is 0.435. The molecule has 1 heterocycles. The van der Waals surface area contributed by atoms with Gasteiger partial charge in [0, 0.05) is 6.42 Å². The maximum Gasteiger partial charge on any atom is 0.313 e. The van der Waals surface area contributed by atoms with E-state index in [0.717, 1.165) is 36.1 Å². The van der Waals surface area contributed by atoms with E-state index < -0.39 is 0 Å². The van der Waals surface area contributed by atoms with Gasteiger partial charge in [0.25, 0.3) is 0 Å². The van der Waals surface area contributed by atoms with Gasteiger partial charge in [0.15, 0.2) is 0 Å². The SMILES string of the molecule is CCCCCCC1CC(c2ccc(OCc3ccccc3)cc2)C(=O)O1. The average Bonchev–Trinajstić information content (AvgIpc) is 3.05. The highest BCUT2D eigenvalue weighted by molar-refractivity contribution is 5.80. The average molecular weight is 352 g/mol. The molecule has 0 spiro atoms. The van der Waals surface area contributed by atoms with Crippen LogP contribution in [0.25, 0.3) is 0 Å². The molecule has 2 aromatic rings. The Labute approximate surface area is 156 Å². The summed E-state index contributed by atoms with van der Waals surface area (Å²) in [5, 5.41) is 0. The summed E-state index contributed by atoms with van der Waals surface area (Å²) in [4.78, 5) is 12.2. The van der Waals surface area contributed by atoms with Crippen LogP contribution in [-0.4, -0.2) is 12.1 Å². The standard InChI is InChI=1S/C23H28O3/c1-2-3-4-8-11-21-16-22(23(24)26-21)19-12-14-20(15-13-19)25-17-18-9-6-5-7-10-18/h5-7,9-10,12-15,21-22H,2-4,8,11,16-17H2,1H3. The largest absolute Gasteiger partial charge is 0.489 e. The van der Waals surface area contributed by atoms with Crippen molar-refractivity contribution in [3.05, 3.63) is 65.7 Å². The Morgan fingerprint density at radius 3 is 2.50 bits per heavy atom. The van der Waals surface area contributed by atoms with Gasteiger partial charge in [-0.25, -0.2) is 0 Å². The first-order valence-electron chi connectivity index (χ1n) is 9.73. The maximum atomic E-state index is 12.2. The van der Waals surface area contributed by atoms with Crippen LogP contribution in [0.3, 0.4) is 0 Å². The summed E-state index contributed by atoms with van der Waals surface area (Å²) >= 11 is 0. The van der Waals surface area contributed by atoms with Gasteiger partial charge >= 0.3 is 5.97 Å². The summed E-state index contributed by atoms with van der Waals surface area (Å²) in [5.41, 5.74) is 2.17. The van der Waals surface area contributed by atoms with Crippen molar-refractivity contribution in [2.24, 2.45) is 0 Å². The predicted octanol–water partition coefficient (Wildman–Crippen LogP) is 5.64. The minimum Gasteiger partial charge on any atom is -0.489 e. The zero-order valence-corrected chi connectivity index (χ0v) is 15.5. The van der Waals surface area contributed by atoms with Crippen LogP contribution < -0.4 is 4.74 Å². The third kappa shape index (κ3) is 5.10. The zero-order chi connectivity index (χ0) is 18.2. The highest BCUT2D eigenvalue weighted by Crippen LogP contribution is 2.33. The van der Waals surface area contributed by atoms with Gasteiger partial charge in [0.05, 0.1) is 5.92 Å². The highest BCUT2D eigenvalue weighted by Gasteiger charge is 2.35. The minimum absolute atomic E-state index is 0.0801. The lowest BCUT2D eigenvalue weighted by atomic mass is 9.94. The van der Waals surface area contributed by atoms with Gasteiger partial charge in [-0.2, -0.15) is 0 Å². The van der Waals surface area contributed by atoms with Gasteiger partial charge in [0.2, 0.25) is 0 Å². The van der Waals surface area contributed by atoms with Crippen LogP contribution in [0.1, 0.15) is 62.5 Å². The molecule has 3 rings (SSSR count). The third-order valence-electron chi connectivity index (χ3n) is 4.98. The molecule has 1 aliphatic heterocycles. The molecule has 0 aliphatic carbocycles. The van der Waals surface area contributed by atoms with Crippen molar-refractivity contribution in [3.63, 3.8) is 0 Å². The van der Waals surface area contributed by atoms with Gasteiger partial charge in [-0.1, -0.05) is 68.7 Å². The molecule has 26 heavy (non-hydrogen) atoms. The maximum absolute atomic E-state index is 12.2. The van der Waals surface area contributed by atoms with E-state index in [4.69, 9.17) is 9.47 Å². The second kappa shape index (κ2) is 9.42. The molecule has 1 fully saturated rings. The van der Waals surface area contributed by atoms with E-state index in [9.17, 15) is 4.79 Å². The van der Waals surface area contributed by atoms with Crippen LogP contribution in [0.15, 0.2) is 54.6 Å². The van der Waals surface area contributed by atoms with Crippen molar-refractivity contribution in [1.82, 2.24) is 0 Å². The molecule has 0 bridgehead atoms. The van der Waals surface area contributed by atoms with E-state index >= 15 is 0 Å². The van der Waals surface area contributed by atoms with Crippen LogP contribution in [0, 0.1) is 0 Å². The highest BCUT2D eigenvalue weighted by atomic mass is 16.5. The van der Waals surface area contributed by atoms with Crippen molar-refractivity contribution in [3.8, 4) is 5.75 Å². The first-order valence-corrected chi connectivity index (χ1v) is 9.73. The third-order valence-corrected chi connectivity index (χ3v) is 4.98. The number of rotatable bonds is 9. The number of hydrogen-bond acceptors (Lipinski definition) is 3. The Bertz CT molecular complexity index is 678. The molecule has 2 unspecified atom stereocenters. The molecular formula is C23H28O3. The van der Waals surface area contributed by atoms with Gasteiger partial charge in [-0.15, -0.1) is 0 Å². The monoisotopic (exact) mass is 352 g/mol. The summed E-state index contributed by atoms with van der Waals surface area (Å²) in [6, 6.07) is 18.0. The van der Waals surface area contributed by atoms with E-state index in [1.54, 1.807) is 0 Å². The summed E-state index contributed by atoms with van der Waals surface area (Å²) in [6.07, 6.45) is 6.72. The van der Waals surface area contributed by atoms with E-state index in [-0.39, 0.29) is 18.0 Å². The smallest absolute Gasteiger partial charge is 0.313 e. The van der Waals surface area contributed by atoms with E-state index in [2.05, 4.69) is 6.92 Å². The number of benzene rings is 2. The lowest BCUT2D eigenvalue weighted by Crippen LogP contribution is -2.06. The van der Waals surface area contributed by atoms with Gasteiger partial charge in [-0.05, 0) is 36.1 Å². The summed E-state index contributed by atoms with van der Waals surface area (Å²) in [5.74, 6) is 0.609. The Balaban J connectivity index is 1.50. The van der Waals surface area contributed by atoms with Gasteiger partial charge in [0.1, 0.15) is 18.5 Å². The van der Waals surface area contributed by atoms with Crippen LogP contribution in [-0.2, 0) is 16.1 Å². The topological polar surface area (TPSA) is 35.5 Å². The molecule has 2 aromatic carbocycles. The molecule has 138 valence electrons. The summed E-state index contributed by atoms with van der Waals surface area (Å²) in [7, 11) is 0. The molecule has 0 saturated carbocycles. The van der Waals surface area contributed by atoms with Gasteiger partial charge < -0.3 is 9.47 Å². The number of unbranched alkanes of at least 4 members (excludes halogenated alkanes) is 3. The second-order valence-electron chi connectivity index (χ2n) is 7.04. The van der Waals surface area contributed by atoms with Crippen molar-refractivity contribution < 1.29 is 14.3 Å². The quantitative estimate of drug-likeness (QED) is 0.433. The normalized spacial score (nSPS) is 19.3. The molecule has 3 nitrogen and oxygen atoms in total. The Kier molecular flexibility index (Phi) is 6.70. The lowest BCUT2D eigenvalue weighted by Gasteiger charge is -2.09.